The fourth-order valence-electron chi connectivity index (χ4n) is 2.77. The first-order valence-electron chi connectivity index (χ1n) is 9.19. The van der Waals surface area contributed by atoms with Crippen LogP contribution < -0.4 is 11.1 Å². The lowest BCUT2D eigenvalue weighted by atomic mass is 10.1. The molecule has 0 bridgehead atoms. The number of ether oxygens (including phenoxy) is 1. The van der Waals surface area contributed by atoms with Gasteiger partial charge in [0.05, 0.1) is 19.8 Å². The number of hydrogen-bond acceptors (Lipinski definition) is 3. The minimum atomic E-state index is 0.545. The van der Waals surface area contributed by atoms with Gasteiger partial charge in [0.1, 0.15) is 0 Å². The van der Waals surface area contributed by atoms with Crippen LogP contribution in [0.15, 0.2) is 29.3 Å². The Balaban J connectivity index is 1.69. The van der Waals surface area contributed by atoms with Gasteiger partial charge in [0.15, 0.2) is 5.96 Å². The van der Waals surface area contributed by atoms with Crippen molar-refractivity contribution < 1.29 is 4.74 Å². The smallest absolute Gasteiger partial charge is 0.188 e. The molecule has 134 valence electrons. The number of guanidine groups is 1. The second-order valence-corrected chi connectivity index (χ2v) is 6.39. The van der Waals surface area contributed by atoms with Gasteiger partial charge in [0.25, 0.3) is 0 Å². The Morgan fingerprint density at radius 2 is 1.83 bits per heavy atom. The van der Waals surface area contributed by atoms with E-state index in [1.807, 2.05) is 0 Å². The Morgan fingerprint density at radius 3 is 2.54 bits per heavy atom. The van der Waals surface area contributed by atoms with Crippen molar-refractivity contribution >= 4 is 5.96 Å². The van der Waals surface area contributed by atoms with Gasteiger partial charge >= 0.3 is 0 Å². The zero-order valence-corrected chi connectivity index (χ0v) is 15.0. The normalized spacial score (nSPS) is 16.3. The molecule has 0 unspecified atom stereocenters. The van der Waals surface area contributed by atoms with Crippen LogP contribution in [0.3, 0.4) is 0 Å². The Kier molecular flexibility index (Phi) is 8.63. The lowest BCUT2D eigenvalue weighted by Crippen LogP contribution is -2.35. The zero-order valence-electron chi connectivity index (χ0n) is 15.0. The summed E-state index contributed by atoms with van der Waals surface area (Å²) < 4.78 is 5.38. The third-order valence-corrected chi connectivity index (χ3v) is 4.30. The van der Waals surface area contributed by atoms with Crippen molar-refractivity contribution in [3.63, 3.8) is 0 Å². The summed E-state index contributed by atoms with van der Waals surface area (Å²) in [5.41, 5.74) is 8.44. The molecule has 0 amide bonds. The number of rotatable bonds is 9. The van der Waals surface area contributed by atoms with Gasteiger partial charge in [-0.05, 0) is 17.5 Å². The fraction of sp³-hybridized carbons (Fsp3) is 0.632. The molecule has 1 heterocycles. The van der Waals surface area contributed by atoms with Crippen molar-refractivity contribution in [2.45, 2.75) is 45.7 Å². The molecule has 5 nitrogen and oxygen atoms in total. The van der Waals surface area contributed by atoms with E-state index in [-0.39, 0.29) is 0 Å². The first-order valence-corrected chi connectivity index (χ1v) is 9.19. The maximum atomic E-state index is 5.91. The van der Waals surface area contributed by atoms with E-state index < -0.39 is 0 Å². The van der Waals surface area contributed by atoms with Gasteiger partial charge < -0.3 is 15.8 Å². The molecule has 24 heavy (non-hydrogen) atoms. The minimum absolute atomic E-state index is 0.545. The molecule has 1 aromatic rings. The van der Waals surface area contributed by atoms with Crippen molar-refractivity contribution in [1.82, 2.24) is 10.2 Å². The van der Waals surface area contributed by atoms with Crippen LogP contribution in [0.1, 0.15) is 43.7 Å². The van der Waals surface area contributed by atoms with E-state index >= 15 is 0 Å². The highest BCUT2D eigenvalue weighted by Crippen LogP contribution is 2.10. The molecule has 0 atom stereocenters. The van der Waals surface area contributed by atoms with Crippen LogP contribution in [0.25, 0.3) is 0 Å². The van der Waals surface area contributed by atoms with Gasteiger partial charge in [0.2, 0.25) is 0 Å². The van der Waals surface area contributed by atoms with Crippen LogP contribution in [0.2, 0.25) is 0 Å². The molecular weight excluding hydrogens is 300 g/mol. The summed E-state index contributed by atoms with van der Waals surface area (Å²) in [7, 11) is 0. The standard InChI is InChI=1S/C19H32N4O/c1-2-3-4-5-10-21-19(20)22-15-17-6-8-18(9-7-17)16-23-11-13-24-14-12-23/h6-9H,2-5,10-16H2,1H3,(H3,20,21,22). The molecule has 5 heteroatoms. The third kappa shape index (κ3) is 7.32. The highest BCUT2D eigenvalue weighted by molar-refractivity contribution is 5.77. The van der Waals surface area contributed by atoms with Crippen LogP contribution in [-0.4, -0.2) is 43.7 Å². The molecule has 0 aromatic heterocycles. The van der Waals surface area contributed by atoms with E-state index in [1.165, 1.54) is 30.4 Å². The summed E-state index contributed by atoms with van der Waals surface area (Å²) in [5, 5.41) is 3.19. The molecule has 0 spiro atoms. The number of nitrogens with two attached hydrogens (primary N) is 1. The number of benzene rings is 1. The Morgan fingerprint density at radius 1 is 1.12 bits per heavy atom. The molecule has 0 aliphatic carbocycles. The molecule has 0 radical (unpaired) electrons. The van der Waals surface area contributed by atoms with Crippen molar-refractivity contribution in [2.75, 3.05) is 32.8 Å². The number of nitrogens with one attached hydrogen (secondary N) is 1. The summed E-state index contributed by atoms with van der Waals surface area (Å²) in [4.78, 5) is 6.84. The Labute approximate surface area is 146 Å². The summed E-state index contributed by atoms with van der Waals surface area (Å²) in [6.45, 7) is 8.48. The maximum absolute atomic E-state index is 5.91. The number of aliphatic imine (C=N–C) groups is 1. The first-order chi connectivity index (χ1) is 11.8. The van der Waals surface area contributed by atoms with E-state index in [0.29, 0.717) is 12.5 Å². The number of hydrogen-bond donors (Lipinski definition) is 2. The minimum Gasteiger partial charge on any atom is -0.379 e. The van der Waals surface area contributed by atoms with E-state index in [4.69, 9.17) is 10.5 Å². The predicted octanol–water partition coefficient (Wildman–Crippen LogP) is 2.50. The van der Waals surface area contributed by atoms with Gasteiger partial charge in [-0.2, -0.15) is 0 Å². The summed E-state index contributed by atoms with van der Waals surface area (Å²) in [5.74, 6) is 0.545. The summed E-state index contributed by atoms with van der Waals surface area (Å²) >= 11 is 0. The first kappa shape index (κ1) is 18.7. The molecular formula is C19H32N4O. The van der Waals surface area contributed by atoms with Gasteiger partial charge in [-0.15, -0.1) is 0 Å². The van der Waals surface area contributed by atoms with Crippen molar-refractivity contribution in [2.24, 2.45) is 10.7 Å². The van der Waals surface area contributed by atoms with Crippen molar-refractivity contribution in [1.29, 1.82) is 0 Å². The van der Waals surface area contributed by atoms with Gasteiger partial charge in [0, 0.05) is 26.2 Å². The Hall–Kier alpha value is -1.59. The van der Waals surface area contributed by atoms with Crippen molar-refractivity contribution in [3.8, 4) is 0 Å². The second kappa shape index (κ2) is 11.0. The Bertz CT molecular complexity index is 481. The van der Waals surface area contributed by atoms with Crippen LogP contribution in [0, 0.1) is 0 Å². The van der Waals surface area contributed by atoms with Crippen LogP contribution in [0.5, 0.6) is 0 Å². The number of unbranched alkanes of at least 4 members (excludes halogenated alkanes) is 3. The fourth-order valence-corrected chi connectivity index (χ4v) is 2.77. The predicted molar refractivity (Wildman–Crippen MR) is 100 cm³/mol. The SMILES string of the molecule is CCCCCCNC(N)=NCc1ccc(CN2CCOCC2)cc1. The van der Waals surface area contributed by atoms with E-state index in [1.54, 1.807) is 0 Å². The lowest BCUT2D eigenvalue weighted by Gasteiger charge is -2.26. The van der Waals surface area contributed by atoms with E-state index in [2.05, 4.69) is 46.4 Å². The molecule has 1 saturated heterocycles. The van der Waals surface area contributed by atoms with Crippen LogP contribution in [-0.2, 0) is 17.8 Å². The van der Waals surface area contributed by atoms with E-state index in [0.717, 1.165) is 45.8 Å². The molecule has 1 aliphatic heterocycles. The van der Waals surface area contributed by atoms with Gasteiger partial charge in [-0.25, -0.2) is 4.99 Å². The molecule has 3 N–H and O–H groups in total. The van der Waals surface area contributed by atoms with Crippen LogP contribution >= 0.6 is 0 Å². The number of nitrogens with zero attached hydrogens (tertiary/aromatic N) is 2. The molecule has 0 saturated carbocycles. The topological polar surface area (TPSA) is 62.9 Å². The van der Waals surface area contributed by atoms with Gasteiger partial charge in [-0.1, -0.05) is 50.5 Å². The third-order valence-electron chi connectivity index (χ3n) is 4.30. The molecule has 1 aliphatic rings. The average molecular weight is 332 g/mol. The molecule has 1 aromatic carbocycles. The molecule has 1 fully saturated rings. The highest BCUT2D eigenvalue weighted by atomic mass is 16.5. The lowest BCUT2D eigenvalue weighted by molar-refractivity contribution is 0.0342. The quantitative estimate of drug-likeness (QED) is 0.414. The number of morpholine rings is 1. The second-order valence-electron chi connectivity index (χ2n) is 6.39. The summed E-state index contributed by atoms with van der Waals surface area (Å²) in [6.07, 6.45) is 4.95. The summed E-state index contributed by atoms with van der Waals surface area (Å²) in [6, 6.07) is 8.67. The highest BCUT2D eigenvalue weighted by Gasteiger charge is 2.10. The maximum Gasteiger partial charge on any atom is 0.188 e. The zero-order chi connectivity index (χ0) is 17.0. The average Bonchev–Trinajstić information content (AvgIpc) is 2.62. The largest absolute Gasteiger partial charge is 0.379 e. The monoisotopic (exact) mass is 332 g/mol. The van der Waals surface area contributed by atoms with Crippen LogP contribution in [0.4, 0.5) is 0 Å². The molecule has 2 rings (SSSR count). The van der Waals surface area contributed by atoms with E-state index in [9.17, 15) is 0 Å². The van der Waals surface area contributed by atoms with Crippen molar-refractivity contribution in [3.05, 3.63) is 35.4 Å². The van der Waals surface area contributed by atoms with Gasteiger partial charge in [-0.3, -0.25) is 4.90 Å².